The minimum absolute atomic E-state index is 0.0109. The van der Waals surface area contributed by atoms with E-state index >= 15 is 0 Å². The Morgan fingerprint density at radius 1 is 1.00 bits per heavy atom. The topological polar surface area (TPSA) is 62.3 Å². The fourth-order valence-corrected chi connectivity index (χ4v) is 4.95. The number of hydrogen-bond donors (Lipinski definition) is 0. The Morgan fingerprint density at radius 3 is 2.35 bits per heavy atom. The molecule has 8 heteroatoms. The van der Waals surface area contributed by atoms with Crippen LogP contribution < -0.4 is 4.74 Å². The van der Waals surface area contributed by atoms with E-state index in [0.29, 0.717) is 42.6 Å². The second kappa shape index (κ2) is 11.4. The number of hydrogen-bond acceptors (Lipinski definition) is 5. The van der Waals surface area contributed by atoms with Gasteiger partial charge in [0.15, 0.2) is 0 Å². The van der Waals surface area contributed by atoms with Crippen LogP contribution in [0.3, 0.4) is 0 Å². The standard InChI is InChI=1S/C29H38ClN3O4/c1-28(2,3)23-10-8-22(9-11-23)27(35)33-16-17-37-29(20-33,21-36-25-7-5-6-24(30)18-25)19-26(34)32-14-12-31(4)13-15-32/h5-11,18H,12-17,19-21H2,1-4H3. The number of piperazine rings is 1. The van der Waals surface area contributed by atoms with Gasteiger partial charge in [-0.05, 0) is 48.4 Å². The number of likely N-dealkylation sites (N-methyl/N-ethyl adjacent to an activating group) is 1. The first kappa shape index (κ1) is 27.4. The molecule has 0 saturated carbocycles. The summed E-state index contributed by atoms with van der Waals surface area (Å²) >= 11 is 6.14. The van der Waals surface area contributed by atoms with Gasteiger partial charge in [0.05, 0.1) is 19.6 Å². The number of benzene rings is 2. The maximum atomic E-state index is 13.5. The lowest BCUT2D eigenvalue weighted by molar-refractivity contribution is -0.154. The summed E-state index contributed by atoms with van der Waals surface area (Å²) in [6.07, 6.45) is 0.143. The van der Waals surface area contributed by atoms with Crippen LogP contribution >= 0.6 is 11.6 Å². The minimum atomic E-state index is -0.956. The van der Waals surface area contributed by atoms with Gasteiger partial charge in [0.1, 0.15) is 18.0 Å². The summed E-state index contributed by atoms with van der Waals surface area (Å²) in [7, 11) is 2.06. The smallest absolute Gasteiger partial charge is 0.254 e. The van der Waals surface area contributed by atoms with E-state index in [1.54, 1.807) is 17.0 Å². The molecule has 0 aliphatic carbocycles. The van der Waals surface area contributed by atoms with E-state index in [-0.39, 0.29) is 36.8 Å². The van der Waals surface area contributed by atoms with E-state index in [0.717, 1.165) is 13.1 Å². The van der Waals surface area contributed by atoms with Crippen molar-refractivity contribution < 1.29 is 19.1 Å². The van der Waals surface area contributed by atoms with Gasteiger partial charge in [-0.15, -0.1) is 0 Å². The third-order valence-corrected chi connectivity index (χ3v) is 7.40. The van der Waals surface area contributed by atoms with Crippen LogP contribution in [0, 0.1) is 0 Å². The van der Waals surface area contributed by atoms with E-state index < -0.39 is 5.60 Å². The molecule has 2 aromatic carbocycles. The predicted molar refractivity (Wildman–Crippen MR) is 145 cm³/mol. The van der Waals surface area contributed by atoms with Gasteiger partial charge >= 0.3 is 0 Å². The molecule has 1 unspecified atom stereocenters. The second-order valence-electron chi connectivity index (χ2n) is 11.2. The molecule has 2 amide bonds. The molecular weight excluding hydrogens is 490 g/mol. The number of carbonyl (C=O) groups excluding carboxylic acids is 2. The highest BCUT2D eigenvalue weighted by atomic mass is 35.5. The SMILES string of the molecule is CN1CCN(C(=O)CC2(COc3cccc(Cl)c3)CN(C(=O)c3ccc(C(C)(C)C)cc3)CCO2)CC1. The molecule has 2 aliphatic heterocycles. The maximum absolute atomic E-state index is 13.5. The molecule has 2 heterocycles. The number of halogens is 1. The zero-order chi connectivity index (χ0) is 26.6. The fourth-order valence-electron chi connectivity index (χ4n) is 4.77. The first-order valence-corrected chi connectivity index (χ1v) is 13.3. The van der Waals surface area contributed by atoms with Crippen LogP contribution in [0.1, 0.15) is 43.1 Å². The van der Waals surface area contributed by atoms with Crippen LogP contribution in [-0.4, -0.2) is 91.6 Å². The summed E-state index contributed by atoms with van der Waals surface area (Å²) in [6.45, 7) is 10.7. The third kappa shape index (κ3) is 7.03. The van der Waals surface area contributed by atoms with Crippen LogP contribution in [0.2, 0.25) is 5.02 Å². The molecule has 4 rings (SSSR count). The van der Waals surface area contributed by atoms with Crippen LogP contribution in [0.15, 0.2) is 48.5 Å². The average molecular weight is 528 g/mol. The molecule has 2 aromatic rings. The summed E-state index contributed by atoms with van der Waals surface area (Å²) in [4.78, 5) is 32.8. The maximum Gasteiger partial charge on any atom is 0.254 e. The molecule has 37 heavy (non-hydrogen) atoms. The number of carbonyl (C=O) groups is 2. The summed E-state index contributed by atoms with van der Waals surface area (Å²) in [5.74, 6) is 0.554. The van der Waals surface area contributed by atoms with Crippen molar-refractivity contribution in [3.8, 4) is 5.75 Å². The molecule has 2 aliphatic rings. The first-order chi connectivity index (χ1) is 17.5. The highest BCUT2D eigenvalue weighted by molar-refractivity contribution is 6.30. The number of amides is 2. The normalized spacial score (nSPS) is 21.1. The van der Waals surface area contributed by atoms with Gasteiger partial charge < -0.3 is 24.2 Å². The van der Waals surface area contributed by atoms with E-state index in [1.807, 2.05) is 41.3 Å². The van der Waals surface area contributed by atoms with Gasteiger partial charge in [-0.2, -0.15) is 0 Å². The van der Waals surface area contributed by atoms with Gasteiger partial charge in [-0.25, -0.2) is 0 Å². The average Bonchev–Trinajstić information content (AvgIpc) is 2.87. The Hall–Kier alpha value is -2.61. The predicted octanol–water partition coefficient (Wildman–Crippen LogP) is 4.09. The largest absolute Gasteiger partial charge is 0.490 e. The van der Waals surface area contributed by atoms with Gasteiger partial charge in [0.2, 0.25) is 5.91 Å². The summed E-state index contributed by atoms with van der Waals surface area (Å²) in [6, 6.07) is 15.0. The summed E-state index contributed by atoms with van der Waals surface area (Å²) in [5.41, 5.74) is 0.858. The molecule has 0 radical (unpaired) electrons. The number of ether oxygens (including phenoxy) is 2. The molecule has 7 nitrogen and oxygen atoms in total. The molecule has 0 spiro atoms. The number of morpholine rings is 1. The molecular formula is C29H38ClN3O4. The Kier molecular flexibility index (Phi) is 8.46. The van der Waals surface area contributed by atoms with Crippen LogP contribution in [0.5, 0.6) is 5.75 Å². The van der Waals surface area contributed by atoms with Crippen LogP contribution in [0.25, 0.3) is 0 Å². The Balaban J connectivity index is 1.52. The highest BCUT2D eigenvalue weighted by Gasteiger charge is 2.42. The van der Waals surface area contributed by atoms with Gasteiger partial charge in [0.25, 0.3) is 5.91 Å². The summed E-state index contributed by atoms with van der Waals surface area (Å²) < 4.78 is 12.4. The van der Waals surface area contributed by atoms with E-state index in [1.165, 1.54) is 5.56 Å². The third-order valence-electron chi connectivity index (χ3n) is 7.16. The van der Waals surface area contributed by atoms with Gasteiger partial charge in [-0.3, -0.25) is 9.59 Å². The Labute approximate surface area is 225 Å². The van der Waals surface area contributed by atoms with Crippen molar-refractivity contribution in [2.45, 2.75) is 38.2 Å². The molecule has 200 valence electrons. The lowest BCUT2D eigenvalue weighted by atomic mass is 9.86. The van der Waals surface area contributed by atoms with Crippen LogP contribution in [0.4, 0.5) is 0 Å². The Morgan fingerprint density at radius 2 is 1.70 bits per heavy atom. The molecule has 2 saturated heterocycles. The number of rotatable bonds is 6. The van der Waals surface area contributed by atoms with Crippen LogP contribution in [-0.2, 0) is 14.9 Å². The van der Waals surface area contributed by atoms with Crippen molar-refractivity contribution in [1.29, 1.82) is 0 Å². The Bertz CT molecular complexity index is 1090. The minimum Gasteiger partial charge on any atom is -0.490 e. The van der Waals surface area contributed by atoms with Crippen molar-refractivity contribution in [3.63, 3.8) is 0 Å². The van der Waals surface area contributed by atoms with Gasteiger partial charge in [-0.1, -0.05) is 50.6 Å². The highest BCUT2D eigenvalue weighted by Crippen LogP contribution is 2.28. The second-order valence-corrected chi connectivity index (χ2v) is 11.6. The lowest BCUT2D eigenvalue weighted by Crippen LogP contribution is -2.59. The lowest BCUT2D eigenvalue weighted by Gasteiger charge is -2.43. The van der Waals surface area contributed by atoms with E-state index in [2.05, 4.69) is 32.7 Å². The quantitative estimate of drug-likeness (QED) is 0.566. The van der Waals surface area contributed by atoms with E-state index in [9.17, 15) is 9.59 Å². The van der Waals surface area contributed by atoms with Crippen molar-refractivity contribution >= 4 is 23.4 Å². The fraction of sp³-hybridized carbons (Fsp3) is 0.517. The monoisotopic (exact) mass is 527 g/mol. The van der Waals surface area contributed by atoms with Gasteiger partial charge in [0, 0.05) is 43.3 Å². The molecule has 0 N–H and O–H groups in total. The van der Waals surface area contributed by atoms with Crippen molar-refractivity contribution in [1.82, 2.24) is 14.7 Å². The van der Waals surface area contributed by atoms with Crippen molar-refractivity contribution in [3.05, 3.63) is 64.7 Å². The molecule has 0 bridgehead atoms. The first-order valence-electron chi connectivity index (χ1n) is 12.9. The molecule has 2 fully saturated rings. The molecule has 1 atom stereocenters. The van der Waals surface area contributed by atoms with E-state index in [4.69, 9.17) is 21.1 Å². The summed E-state index contributed by atoms with van der Waals surface area (Å²) in [5, 5.41) is 0.570. The molecule has 0 aromatic heterocycles. The van der Waals surface area contributed by atoms with Crippen molar-refractivity contribution in [2.75, 3.05) is 59.5 Å². The zero-order valence-electron chi connectivity index (χ0n) is 22.3. The zero-order valence-corrected chi connectivity index (χ0v) is 23.1. The van der Waals surface area contributed by atoms with Crippen molar-refractivity contribution in [2.24, 2.45) is 0 Å². The number of nitrogens with zero attached hydrogens (tertiary/aromatic N) is 3.